The predicted molar refractivity (Wildman–Crippen MR) is 48.1 cm³/mol. The quantitative estimate of drug-likeness (QED) is 0.641. The molecule has 1 N–H and O–H groups in total. The summed E-state index contributed by atoms with van der Waals surface area (Å²) in [6, 6.07) is 1.41. The summed E-state index contributed by atoms with van der Waals surface area (Å²) in [5.74, 6) is 0. The molecule has 2 unspecified atom stereocenters. The summed E-state index contributed by atoms with van der Waals surface area (Å²) in [4.78, 5) is 0. The molecule has 2 aliphatic rings. The molecule has 2 rings (SSSR count). The number of rotatable bonds is 0. The van der Waals surface area contributed by atoms with Crippen molar-refractivity contribution in [3.8, 4) is 0 Å². The molecule has 2 nitrogen and oxygen atoms in total. The summed E-state index contributed by atoms with van der Waals surface area (Å²) in [7, 11) is 4.20. The van der Waals surface area contributed by atoms with E-state index in [2.05, 4.69) is 35.8 Å². The molecular formula is C8H15ClCuN2. The monoisotopic (exact) mass is 237 g/mol. The van der Waals surface area contributed by atoms with Gasteiger partial charge in [0.05, 0.1) is 0 Å². The Labute approximate surface area is 86.9 Å². The standard InChI is InChI=1S/C8H15N2.ClH.Cu/c1-2-4-8-7(3-1)9-5-6-10-8;;/h7-9H,1-6H2;1H;/q-1;;+2/p-1. The number of piperazine rings is 1. The summed E-state index contributed by atoms with van der Waals surface area (Å²) in [6.07, 6.45) is 5.49. The van der Waals surface area contributed by atoms with Crippen molar-refractivity contribution in [2.24, 2.45) is 0 Å². The number of fused-ring (bicyclic) bond motifs is 1. The molecule has 0 aromatic rings. The number of hydrogen-bond donors (Lipinski definition) is 1. The van der Waals surface area contributed by atoms with Gasteiger partial charge < -0.3 is 10.6 Å². The van der Waals surface area contributed by atoms with E-state index in [1.54, 1.807) is 0 Å². The van der Waals surface area contributed by atoms with Crippen LogP contribution in [-0.4, -0.2) is 25.2 Å². The van der Waals surface area contributed by atoms with Crippen LogP contribution in [0.4, 0.5) is 0 Å². The third-order valence-electron chi connectivity index (χ3n) is 2.61. The molecule has 1 aliphatic carbocycles. The Morgan fingerprint density at radius 3 is 2.75 bits per heavy atom. The minimum absolute atomic E-state index is 0.669. The van der Waals surface area contributed by atoms with E-state index in [0.717, 1.165) is 19.1 Å². The Kier molecular flexibility index (Phi) is 5.61. The minimum atomic E-state index is 0.669. The van der Waals surface area contributed by atoms with Crippen molar-refractivity contribution in [3.63, 3.8) is 0 Å². The molecule has 1 saturated carbocycles. The first kappa shape index (κ1) is 10.8. The van der Waals surface area contributed by atoms with E-state index in [0.29, 0.717) is 6.04 Å². The topological polar surface area (TPSA) is 26.1 Å². The fourth-order valence-corrected chi connectivity index (χ4v) is 2.05. The molecule has 0 aromatic carbocycles. The van der Waals surface area contributed by atoms with Crippen LogP contribution in [0.2, 0.25) is 0 Å². The van der Waals surface area contributed by atoms with Gasteiger partial charge in [0, 0.05) is 0 Å². The average molecular weight is 238 g/mol. The zero-order chi connectivity index (χ0) is 8.81. The Balaban J connectivity index is 0.000000336. The van der Waals surface area contributed by atoms with Gasteiger partial charge in [-0.2, -0.15) is 0 Å². The first-order chi connectivity index (χ1) is 5.97. The van der Waals surface area contributed by atoms with Gasteiger partial charge in [-0.15, -0.1) is 12.6 Å². The Morgan fingerprint density at radius 1 is 1.25 bits per heavy atom. The van der Waals surface area contributed by atoms with E-state index in [1.807, 2.05) is 0 Å². The molecule has 0 amide bonds. The van der Waals surface area contributed by atoms with Gasteiger partial charge in [-0.3, -0.25) is 0 Å². The fourth-order valence-electron chi connectivity index (χ4n) is 2.05. The van der Waals surface area contributed by atoms with Crippen LogP contribution in [-0.2, 0) is 15.1 Å². The Bertz CT molecular complexity index is 97.6. The van der Waals surface area contributed by atoms with Gasteiger partial charge in [0.25, 0.3) is 0 Å². The van der Waals surface area contributed by atoms with Crippen molar-refractivity contribution in [2.75, 3.05) is 13.1 Å². The summed E-state index contributed by atoms with van der Waals surface area (Å²) < 4.78 is 0. The van der Waals surface area contributed by atoms with Crippen molar-refractivity contribution in [1.82, 2.24) is 5.32 Å². The SMILES string of the molecule is C1CCC2NCC[N-]C2C1.[Cl][Cu+]. The normalized spacial score (nSPS) is 34.6. The molecule has 0 aromatic heterocycles. The molecule has 0 spiro atoms. The van der Waals surface area contributed by atoms with E-state index in [4.69, 9.17) is 0 Å². The summed E-state index contributed by atoms with van der Waals surface area (Å²) in [5.41, 5.74) is 0. The van der Waals surface area contributed by atoms with Crippen molar-refractivity contribution in [1.29, 1.82) is 0 Å². The predicted octanol–water partition coefficient (Wildman–Crippen LogP) is 1.96. The molecule has 1 saturated heterocycles. The molecule has 2 fully saturated rings. The Hall–Kier alpha value is 0.729. The van der Waals surface area contributed by atoms with Gasteiger partial charge in [0.2, 0.25) is 0 Å². The molecule has 2 atom stereocenters. The van der Waals surface area contributed by atoms with Crippen LogP contribution in [0.1, 0.15) is 25.7 Å². The molecule has 12 heavy (non-hydrogen) atoms. The van der Waals surface area contributed by atoms with E-state index in [9.17, 15) is 0 Å². The van der Waals surface area contributed by atoms with Crippen molar-refractivity contribution in [2.45, 2.75) is 37.8 Å². The van der Waals surface area contributed by atoms with E-state index < -0.39 is 0 Å². The van der Waals surface area contributed by atoms with Crippen LogP contribution in [0.15, 0.2) is 0 Å². The van der Waals surface area contributed by atoms with Gasteiger partial charge in [-0.05, 0) is 19.0 Å². The van der Waals surface area contributed by atoms with Crippen LogP contribution in [0.3, 0.4) is 0 Å². The average Bonchev–Trinajstić information content (AvgIpc) is 2.21. The first-order valence-electron chi connectivity index (χ1n) is 4.48. The van der Waals surface area contributed by atoms with Crippen LogP contribution in [0.25, 0.3) is 5.32 Å². The number of nitrogens with one attached hydrogen (secondary N) is 1. The van der Waals surface area contributed by atoms with Gasteiger partial charge in [-0.25, -0.2) is 0 Å². The summed E-state index contributed by atoms with van der Waals surface area (Å²) in [6.45, 7) is 2.16. The molecule has 1 aliphatic heterocycles. The number of halogens is 1. The number of hydrogen-bond acceptors (Lipinski definition) is 1. The molecular weight excluding hydrogens is 223 g/mol. The molecule has 1 heterocycles. The van der Waals surface area contributed by atoms with Crippen LogP contribution in [0, 0.1) is 0 Å². The fraction of sp³-hybridized carbons (Fsp3) is 1.00. The van der Waals surface area contributed by atoms with Gasteiger partial charge in [0.15, 0.2) is 0 Å². The summed E-state index contributed by atoms with van der Waals surface area (Å²) in [5, 5.41) is 8.12. The second kappa shape index (κ2) is 6.22. The van der Waals surface area contributed by atoms with Crippen LogP contribution < -0.4 is 5.32 Å². The maximum atomic E-state index is 4.59. The third kappa shape index (κ3) is 2.90. The van der Waals surface area contributed by atoms with E-state index >= 15 is 0 Å². The number of nitrogens with zero attached hydrogens (tertiary/aromatic N) is 1. The second-order valence-corrected chi connectivity index (χ2v) is 3.32. The van der Waals surface area contributed by atoms with E-state index in [-0.39, 0.29) is 0 Å². The van der Waals surface area contributed by atoms with Gasteiger partial charge >= 0.3 is 25.2 Å². The second-order valence-electron chi connectivity index (χ2n) is 3.32. The molecule has 0 radical (unpaired) electrons. The van der Waals surface area contributed by atoms with Crippen LogP contribution >= 0.6 is 10.1 Å². The zero-order valence-electron chi connectivity index (χ0n) is 7.02. The van der Waals surface area contributed by atoms with Crippen molar-refractivity contribution >= 4 is 10.1 Å². The van der Waals surface area contributed by atoms with Crippen LogP contribution in [0.5, 0.6) is 0 Å². The Morgan fingerprint density at radius 2 is 2.00 bits per heavy atom. The first-order valence-corrected chi connectivity index (χ1v) is 5.78. The van der Waals surface area contributed by atoms with E-state index in [1.165, 1.54) is 25.7 Å². The molecule has 75 valence electrons. The molecule has 4 heteroatoms. The third-order valence-corrected chi connectivity index (χ3v) is 2.61. The van der Waals surface area contributed by atoms with Gasteiger partial charge in [-0.1, -0.05) is 19.3 Å². The zero-order valence-corrected chi connectivity index (χ0v) is 8.72. The maximum absolute atomic E-state index is 4.59. The van der Waals surface area contributed by atoms with Crippen molar-refractivity contribution < 1.29 is 15.1 Å². The molecule has 0 bridgehead atoms. The van der Waals surface area contributed by atoms with Gasteiger partial charge in [0.1, 0.15) is 0 Å². The summed E-state index contributed by atoms with van der Waals surface area (Å²) >= 11 is 3.66. The van der Waals surface area contributed by atoms with Crippen molar-refractivity contribution in [3.05, 3.63) is 5.32 Å².